The van der Waals surface area contributed by atoms with E-state index in [1.54, 1.807) is 0 Å². The Labute approximate surface area is 122 Å². The van der Waals surface area contributed by atoms with E-state index in [0.29, 0.717) is 12.5 Å². The quantitative estimate of drug-likeness (QED) is 0.764. The van der Waals surface area contributed by atoms with Crippen LogP contribution >= 0.6 is 0 Å². The molecule has 0 aliphatic rings. The van der Waals surface area contributed by atoms with Gasteiger partial charge in [0.1, 0.15) is 6.54 Å². The van der Waals surface area contributed by atoms with Crippen molar-refractivity contribution >= 4 is 11.6 Å². The minimum atomic E-state index is 0.126. The molecule has 20 heavy (non-hydrogen) atoms. The average Bonchev–Trinajstić information content (AvgIpc) is 2.36. The minimum absolute atomic E-state index is 0.126. The van der Waals surface area contributed by atoms with Crippen LogP contribution in [-0.4, -0.2) is 40.1 Å². The fourth-order valence-electron chi connectivity index (χ4n) is 1.98. The van der Waals surface area contributed by atoms with Crippen molar-refractivity contribution in [1.29, 1.82) is 0 Å². The van der Waals surface area contributed by atoms with Crippen LogP contribution in [0, 0.1) is 5.92 Å². The summed E-state index contributed by atoms with van der Waals surface area (Å²) in [5.74, 6) is 0.624. The molecule has 0 bridgehead atoms. The number of benzene rings is 1. The number of carbonyl (C=O) groups excluding carboxylic acids is 1. The number of hydrogen-bond acceptors (Lipinski definition) is 2. The lowest BCUT2D eigenvalue weighted by Crippen LogP contribution is -3.08. The molecule has 1 rings (SSSR count). The van der Waals surface area contributed by atoms with Gasteiger partial charge in [0, 0.05) is 31.9 Å². The largest absolute Gasteiger partial charge is 0.378 e. The predicted octanol–water partition coefficient (Wildman–Crippen LogP) is 0.540. The lowest BCUT2D eigenvalue weighted by molar-refractivity contribution is -0.885. The predicted molar refractivity (Wildman–Crippen MR) is 84.1 cm³/mol. The standard InChI is InChI=1S/C16H27N3O/c1-13(2)10-17-16(20)12-19(5)11-14-6-8-15(9-7-14)18(3)4/h6-9,13H,10-12H2,1-5H3,(H,17,20)/p+1. The number of rotatable bonds is 7. The summed E-state index contributed by atoms with van der Waals surface area (Å²) in [5, 5.41) is 2.96. The second kappa shape index (κ2) is 7.90. The number of anilines is 1. The molecule has 1 aromatic carbocycles. The van der Waals surface area contributed by atoms with E-state index in [-0.39, 0.29) is 5.91 Å². The van der Waals surface area contributed by atoms with E-state index >= 15 is 0 Å². The topological polar surface area (TPSA) is 36.8 Å². The summed E-state index contributed by atoms with van der Waals surface area (Å²) in [6.07, 6.45) is 0. The molecule has 1 amide bonds. The molecular formula is C16H28N3O+. The number of likely N-dealkylation sites (N-methyl/N-ethyl adjacent to an activating group) is 1. The van der Waals surface area contributed by atoms with Gasteiger partial charge in [-0.1, -0.05) is 26.0 Å². The van der Waals surface area contributed by atoms with Crippen LogP contribution < -0.4 is 15.1 Å². The second-order valence-electron chi connectivity index (χ2n) is 6.07. The molecule has 2 N–H and O–H groups in total. The molecular weight excluding hydrogens is 250 g/mol. The minimum Gasteiger partial charge on any atom is -0.378 e. The van der Waals surface area contributed by atoms with E-state index in [9.17, 15) is 4.79 Å². The first-order valence-electron chi connectivity index (χ1n) is 7.22. The smallest absolute Gasteiger partial charge is 0.275 e. The Kier molecular flexibility index (Phi) is 6.52. The van der Waals surface area contributed by atoms with Crippen molar-refractivity contribution in [2.24, 2.45) is 5.92 Å². The van der Waals surface area contributed by atoms with Crippen LogP contribution in [-0.2, 0) is 11.3 Å². The summed E-state index contributed by atoms with van der Waals surface area (Å²) < 4.78 is 0. The summed E-state index contributed by atoms with van der Waals surface area (Å²) in [5.41, 5.74) is 2.45. The normalized spacial score (nSPS) is 12.3. The van der Waals surface area contributed by atoms with Crippen molar-refractivity contribution in [1.82, 2.24) is 5.32 Å². The average molecular weight is 278 g/mol. The molecule has 0 saturated heterocycles. The maximum absolute atomic E-state index is 11.8. The van der Waals surface area contributed by atoms with Gasteiger partial charge in [-0.15, -0.1) is 0 Å². The van der Waals surface area contributed by atoms with Crippen LogP contribution in [0.1, 0.15) is 19.4 Å². The van der Waals surface area contributed by atoms with E-state index in [1.807, 2.05) is 14.1 Å². The third kappa shape index (κ3) is 6.06. The number of carbonyl (C=O) groups is 1. The van der Waals surface area contributed by atoms with Gasteiger partial charge in [0.25, 0.3) is 5.91 Å². The molecule has 1 atom stereocenters. The van der Waals surface area contributed by atoms with Gasteiger partial charge in [-0.05, 0) is 18.1 Å². The van der Waals surface area contributed by atoms with Gasteiger partial charge in [-0.25, -0.2) is 0 Å². The lowest BCUT2D eigenvalue weighted by atomic mass is 10.2. The Morgan fingerprint density at radius 1 is 1.25 bits per heavy atom. The molecule has 0 heterocycles. The molecule has 0 aliphatic carbocycles. The highest BCUT2D eigenvalue weighted by Crippen LogP contribution is 2.11. The first-order chi connectivity index (χ1) is 9.38. The maximum atomic E-state index is 11.8. The third-order valence-corrected chi connectivity index (χ3v) is 3.13. The number of amides is 1. The molecule has 0 aromatic heterocycles. The number of nitrogens with zero attached hydrogens (tertiary/aromatic N) is 1. The van der Waals surface area contributed by atoms with Gasteiger partial charge in [0.15, 0.2) is 6.54 Å². The lowest BCUT2D eigenvalue weighted by Gasteiger charge is -2.16. The molecule has 0 fully saturated rings. The van der Waals surface area contributed by atoms with Crippen LogP contribution in [0.5, 0.6) is 0 Å². The van der Waals surface area contributed by atoms with E-state index in [2.05, 4.69) is 55.4 Å². The van der Waals surface area contributed by atoms with Gasteiger partial charge in [0.2, 0.25) is 0 Å². The van der Waals surface area contributed by atoms with Gasteiger partial charge in [0.05, 0.1) is 7.05 Å². The Morgan fingerprint density at radius 2 is 1.85 bits per heavy atom. The van der Waals surface area contributed by atoms with Crippen LogP contribution in [0.3, 0.4) is 0 Å². The molecule has 4 nitrogen and oxygen atoms in total. The Balaban J connectivity index is 2.41. The maximum Gasteiger partial charge on any atom is 0.275 e. The number of hydrogen-bond donors (Lipinski definition) is 2. The highest BCUT2D eigenvalue weighted by molar-refractivity contribution is 5.76. The second-order valence-corrected chi connectivity index (χ2v) is 6.07. The molecule has 0 spiro atoms. The highest BCUT2D eigenvalue weighted by Gasteiger charge is 2.10. The fraction of sp³-hybridized carbons (Fsp3) is 0.562. The Bertz CT molecular complexity index is 412. The molecule has 0 radical (unpaired) electrons. The van der Waals surface area contributed by atoms with E-state index < -0.39 is 0 Å². The fourth-order valence-corrected chi connectivity index (χ4v) is 1.98. The van der Waals surface area contributed by atoms with Crippen molar-refractivity contribution in [3.63, 3.8) is 0 Å². The van der Waals surface area contributed by atoms with Gasteiger partial charge in [-0.2, -0.15) is 0 Å². The first kappa shape index (κ1) is 16.5. The highest BCUT2D eigenvalue weighted by atomic mass is 16.2. The van der Waals surface area contributed by atoms with Crippen molar-refractivity contribution in [2.75, 3.05) is 39.1 Å². The zero-order valence-electron chi connectivity index (χ0n) is 13.4. The number of quaternary nitrogens is 1. The van der Waals surface area contributed by atoms with E-state index in [4.69, 9.17) is 0 Å². The summed E-state index contributed by atoms with van der Waals surface area (Å²) in [6.45, 7) is 6.33. The molecule has 0 saturated carbocycles. The van der Waals surface area contributed by atoms with Crippen molar-refractivity contribution in [3.05, 3.63) is 29.8 Å². The van der Waals surface area contributed by atoms with E-state index in [1.165, 1.54) is 16.2 Å². The zero-order valence-corrected chi connectivity index (χ0v) is 13.4. The third-order valence-electron chi connectivity index (χ3n) is 3.13. The Hall–Kier alpha value is -1.55. The van der Waals surface area contributed by atoms with Gasteiger partial charge >= 0.3 is 0 Å². The molecule has 0 aliphatic heterocycles. The SMILES string of the molecule is CC(C)CNC(=O)C[NH+](C)Cc1ccc(N(C)C)cc1. The summed E-state index contributed by atoms with van der Waals surface area (Å²) >= 11 is 0. The summed E-state index contributed by atoms with van der Waals surface area (Å²) in [6, 6.07) is 8.48. The first-order valence-corrected chi connectivity index (χ1v) is 7.22. The van der Waals surface area contributed by atoms with Crippen LogP contribution in [0.15, 0.2) is 24.3 Å². The molecule has 1 aromatic rings. The van der Waals surface area contributed by atoms with Crippen molar-refractivity contribution < 1.29 is 9.69 Å². The summed E-state index contributed by atoms with van der Waals surface area (Å²) in [4.78, 5) is 15.0. The molecule has 1 unspecified atom stereocenters. The Morgan fingerprint density at radius 3 is 2.35 bits per heavy atom. The van der Waals surface area contributed by atoms with Crippen molar-refractivity contribution in [2.45, 2.75) is 20.4 Å². The van der Waals surface area contributed by atoms with Crippen LogP contribution in [0.4, 0.5) is 5.69 Å². The van der Waals surface area contributed by atoms with Gasteiger partial charge < -0.3 is 15.1 Å². The monoisotopic (exact) mass is 278 g/mol. The number of nitrogens with one attached hydrogen (secondary N) is 2. The van der Waals surface area contributed by atoms with Crippen molar-refractivity contribution in [3.8, 4) is 0 Å². The van der Waals surface area contributed by atoms with Crippen LogP contribution in [0.2, 0.25) is 0 Å². The summed E-state index contributed by atoms with van der Waals surface area (Å²) in [7, 11) is 6.12. The molecule has 4 heteroatoms. The molecule has 112 valence electrons. The zero-order chi connectivity index (χ0) is 15.1. The van der Waals surface area contributed by atoms with Gasteiger partial charge in [-0.3, -0.25) is 4.79 Å². The van der Waals surface area contributed by atoms with E-state index in [0.717, 1.165) is 13.1 Å². The van der Waals surface area contributed by atoms with Crippen LogP contribution in [0.25, 0.3) is 0 Å².